The second-order valence-electron chi connectivity index (χ2n) is 4.90. The second kappa shape index (κ2) is 7.47. The summed E-state index contributed by atoms with van der Waals surface area (Å²) in [6.45, 7) is 3.22. The van der Waals surface area contributed by atoms with Crippen molar-refractivity contribution in [3.63, 3.8) is 0 Å². The molecule has 0 radical (unpaired) electrons. The van der Waals surface area contributed by atoms with E-state index in [0.717, 1.165) is 17.7 Å². The quantitative estimate of drug-likeness (QED) is 0.588. The number of nitrogen functional groups attached to an aromatic ring is 2. The van der Waals surface area contributed by atoms with Crippen LogP contribution in [0.3, 0.4) is 0 Å². The van der Waals surface area contributed by atoms with Crippen LogP contribution in [0.4, 0.5) is 21.9 Å². The molecule has 1 aromatic rings. The molecule has 0 fully saturated rings. The predicted molar refractivity (Wildman–Crippen MR) is 85.0 cm³/mol. The van der Waals surface area contributed by atoms with Crippen molar-refractivity contribution in [1.82, 2.24) is 10.6 Å². The molecule has 0 aliphatic heterocycles. The fourth-order valence-corrected chi connectivity index (χ4v) is 1.89. The first kappa shape index (κ1) is 15.9. The summed E-state index contributed by atoms with van der Waals surface area (Å²) in [6, 6.07) is 3.74. The van der Waals surface area contributed by atoms with Crippen LogP contribution < -0.4 is 27.0 Å². The molecule has 0 atom stereocenters. The van der Waals surface area contributed by atoms with E-state index in [2.05, 4.69) is 10.6 Å². The zero-order valence-electron chi connectivity index (χ0n) is 12.5. The van der Waals surface area contributed by atoms with Gasteiger partial charge in [0.15, 0.2) is 0 Å². The van der Waals surface area contributed by atoms with E-state index < -0.39 is 0 Å². The first-order valence-electron chi connectivity index (χ1n) is 6.83. The van der Waals surface area contributed by atoms with Crippen LogP contribution in [0.15, 0.2) is 12.1 Å². The van der Waals surface area contributed by atoms with E-state index in [1.807, 2.05) is 38.1 Å². The summed E-state index contributed by atoms with van der Waals surface area (Å²) in [7, 11) is 3.84. The Balaban J connectivity index is 2.57. The summed E-state index contributed by atoms with van der Waals surface area (Å²) in [4.78, 5) is 13.3. The van der Waals surface area contributed by atoms with Gasteiger partial charge in [0.1, 0.15) is 0 Å². The van der Waals surface area contributed by atoms with Gasteiger partial charge in [0.25, 0.3) is 0 Å². The van der Waals surface area contributed by atoms with E-state index in [1.54, 1.807) is 0 Å². The van der Waals surface area contributed by atoms with Crippen LogP contribution in [0.1, 0.15) is 18.9 Å². The maximum atomic E-state index is 11.4. The summed E-state index contributed by atoms with van der Waals surface area (Å²) in [5.74, 6) is 0. The van der Waals surface area contributed by atoms with Crippen molar-refractivity contribution in [2.75, 3.05) is 43.6 Å². The highest BCUT2D eigenvalue weighted by molar-refractivity contribution is 5.81. The van der Waals surface area contributed by atoms with Crippen molar-refractivity contribution >= 4 is 23.1 Å². The molecule has 6 N–H and O–H groups in total. The van der Waals surface area contributed by atoms with Gasteiger partial charge in [-0.15, -0.1) is 0 Å². The lowest BCUT2D eigenvalue weighted by molar-refractivity contribution is 0.241. The van der Waals surface area contributed by atoms with Crippen LogP contribution >= 0.6 is 0 Å². The van der Waals surface area contributed by atoms with Gasteiger partial charge in [-0.05, 0) is 24.5 Å². The highest BCUT2D eigenvalue weighted by Crippen LogP contribution is 2.30. The van der Waals surface area contributed by atoms with Crippen molar-refractivity contribution in [1.29, 1.82) is 0 Å². The number of carbonyl (C=O) groups is 1. The third-order valence-electron chi connectivity index (χ3n) is 3.05. The zero-order valence-corrected chi connectivity index (χ0v) is 12.5. The number of nitrogens with zero attached hydrogens (tertiary/aromatic N) is 1. The van der Waals surface area contributed by atoms with Gasteiger partial charge in [-0.25, -0.2) is 4.79 Å². The van der Waals surface area contributed by atoms with E-state index in [4.69, 9.17) is 11.5 Å². The summed E-state index contributed by atoms with van der Waals surface area (Å²) in [6.07, 6.45) is 1.58. The molecule has 1 rings (SSSR count). The Morgan fingerprint density at radius 1 is 1.15 bits per heavy atom. The summed E-state index contributed by atoms with van der Waals surface area (Å²) in [5.41, 5.74) is 15.1. The lowest BCUT2D eigenvalue weighted by Gasteiger charge is -2.18. The molecule has 2 amide bonds. The minimum absolute atomic E-state index is 0.150. The minimum atomic E-state index is -0.150. The predicted octanol–water partition coefficient (Wildman–Crippen LogP) is 1.17. The first-order chi connectivity index (χ1) is 9.47. The van der Waals surface area contributed by atoms with E-state index in [0.29, 0.717) is 30.9 Å². The molecule has 0 unspecified atom stereocenters. The number of carbonyl (C=O) groups excluding carboxylic acids is 1. The smallest absolute Gasteiger partial charge is 0.314 e. The summed E-state index contributed by atoms with van der Waals surface area (Å²) >= 11 is 0. The highest BCUT2D eigenvalue weighted by Gasteiger charge is 2.09. The van der Waals surface area contributed by atoms with Crippen molar-refractivity contribution in [2.45, 2.75) is 19.8 Å². The van der Waals surface area contributed by atoms with E-state index in [-0.39, 0.29) is 6.03 Å². The molecule has 0 aliphatic carbocycles. The van der Waals surface area contributed by atoms with Gasteiger partial charge >= 0.3 is 6.03 Å². The van der Waals surface area contributed by atoms with Gasteiger partial charge in [0.2, 0.25) is 0 Å². The largest absolute Gasteiger partial charge is 0.397 e. The molecular weight excluding hydrogens is 254 g/mol. The fraction of sp³-hybridized carbons (Fsp3) is 0.500. The number of hydrogen-bond acceptors (Lipinski definition) is 4. The Morgan fingerprint density at radius 3 is 2.40 bits per heavy atom. The molecule has 112 valence electrons. The number of nitrogens with one attached hydrogen (secondary N) is 2. The number of urea groups is 1. The number of rotatable bonds is 6. The van der Waals surface area contributed by atoms with Crippen LogP contribution in [0.2, 0.25) is 0 Å². The Hall–Kier alpha value is -2.11. The topological polar surface area (TPSA) is 96.4 Å². The van der Waals surface area contributed by atoms with Crippen molar-refractivity contribution in [2.24, 2.45) is 0 Å². The molecule has 6 nitrogen and oxygen atoms in total. The molecular formula is C14H25N5O. The van der Waals surface area contributed by atoms with E-state index in [9.17, 15) is 4.79 Å². The maximum absolute atomic E-state index is 11.4. The standard InChI is InChI=1S/C14H25N5O/c1-4-8-17-14(20)18-9-7-10-5-6-11(19(2)3)13(16)12(10)15/h5-6H,4,7-9,15-16H2,1-3H3,(H2,17,18,20). The molecule has 6 heteroatoms. The molecule has 20 heavy (non-hydrogen) atoms. The number of anilines is 3. The molecule has 0 aromatic heterocycles. The number of benzene rings is 1. The number of nitrogens with two attached hydrogens (primary N) is 2. The molecule has 0 saturated heterocycles. The number of amides is 2. The average molecular weight is 279 g/mol. The SMILES string of the molecule is CCCNC(=O)NCCc1ccc(N(C)C)c(N)c1N. The average Bonchev–Trinajstić information content (AvgIpc) is 2.40. The van der Waals surface area contributed by atoms with Gasteiger partial charge in [-0.2, -0.15) is 0 Å². The van der Waals surface area contributed by atoms with Crippen molar-refractivity contribution < 1.29 is 4.79 Å². The third kappa shape index (κ3) is 4.22. The van der Waals surface area contributed by atoms with Crippen LogP contribution in [0.25, 0.3) is 0 Å². The normalized spacial score (nSPS) is 10.2. The van der Waals surface area contributed by atoms with Gasteiger partial charge in [-0.3, -0.25) is 0 Å². The minimum Gasteiger partial charge on any atom is -0.397 e. The van der Waals surface area contributed by atoms with Crippen LogP contribution in [-0.2, 0) is 6.42 Å². The molecule has 1 aromatic carbocycles. The molecule has 0 spiro atoms. The Kier molecular flexibility index (Phi) is 5.96. The maximum Gasteiger partial charge on any atom is 0.314 e. The Bertz CT molecular complexity index is 459. The monoisotopic (exact) mass is 279 g/mol. The van der Waals surface area contributed by atoms with Gasteiger partial charge < -0.3 is 27.0 Å². The van der Waals surface area contributed by atoms with E-state index in [1.165, 1.54) is 0 Å². The van der Waals surface area contributed by atoms with Crippen LogP contribution in [0.5, 0.6) is 0 Å². The zero-order chi connectivity index (χ0) is 15.1. The number of hydrogen-bond donors (Lipinski definition) is 4. The Morgan fingerprint density at radius 2 is 1.80 bits per heavy atom. The molecule has 0 heterocycles. The fourth-order valence-electron chi connectivity index (χ4n) is 1.89. The van der Waals surface area contributed by atoms with Gasteiger partial charge in [0.05, 0.1) is 17.1 Å². The highest BCUT2D eigenvalue weighted by atomic mass is 16.2. The van der Waals surface area contributed by atoms with Crippen LogP contribution in [0, 0.1) is 0 Å². The second-order valence-corrected chi connectivity index (χ2v) is 4.90. The van der Waals surface area contributed by atoms with Crippen LogP contribution in [-0.4, -0.2) is 33.2 Å². The van der Waals surface area contributed by atoms with E-state index >= 15 is 0 Å². The lowest BCUT2D eigenvalue weighted by Crippen LogP contribution is -2.36. The molecule has 0 bridgehead atoms. The summed E-state index contributed by atoms with van der Waals surface area (Å²) < 4.78 is 0. The Labute approximate surface area is 120 Å². The van der Waals surface area contributed by atoms with Crippen molar-refractivity contribution in [3.05, 3.63) is 17.7 Å². The third-order valence-corrected chi connectivity index (χ3v) is 3.05. The van der Waals surface area contributed by atoms with Gasteiger partial charge in [-0.1, -0.05) is 13.0 Å². The molecule has 0 saturated carbocycles. The lowest BCUT2D eigenvalue weighted by atomic mass is 10.1. The summed E-state index contributed by atoms with van der Waals surface area (Å²) in [5, 5.41) is 5.55. The van der Waals surface area contributed by atoms with Gasteiger partial charge in [0, 0.05) is 27.2 Å². The first-order valence-corrected chi connectivity index (χ1v) is 6.83. The van der Waals surface area contributed by atoms with Crippen molar-refractivity contribution in [3.8, 4) is 0 Å². The molecule has 0 aliphatic rings.